The van der Waals surface area contributed by atoms with Crippen LogP contribution in [0.15, 0.2) is 45.8 Å². The predicted octanol–water partition coefficient (Wildman–Crippen LogP) is 3.26. The first-order valence-corrected chi connectivity index (χ1v) is 9.96. The molecule has 0 amide bonds. The van der Waals surface area contributed by atoms with Gasteiger partial charge in [-0.3, -0.25) is 0 Å². The standard InChI is InChI=1S/C18H22BrNO3S/c1-12-4-6-15(7-5-12)10-17(11-21)20-24(22,23)18-13(2)8-16(19)9-14(18)3/h4-9,17,20-21H,10-11H2,1-3H3. The Morgan fingerprint density at radius 1 is 1.08 bits per heavy atom. The molecule has 0 aliphatic heterocycles. The maximum atomic E-state index is 12.8. The van der Waals surface area contributed by atoms with E-state index in [0.717, 1.165) is 15.6 Å². The Labute approximate surface area is 152 Å². The SMILES string of the molecule is Cc1ccc(CC(CO)NS(=O)(=O)c2c(C)cc(Br)cc2C)cc1. The minimum atomic E-state index is -3.71. The van der Waals surface area contributed by atoms with Gasteiger partial charge in [-0.1, -0.05) is 45.8 Å². The Bertz CT molecular complexity index is 794. The van der Waals surface area contributed by atoms with E-state index in [2.05, 4.69) is 20.7 Å². The summed E-state index contributed by atoms with van der Waals surface area (Å²) in [7, 11) is -3.71. The summed E-state index contributed by atoms with van der Waals surface area (Å²) in [6, 6.07) is 10.8. The van der Waals surface area contributed by atoms with E-state index in [1.807, 2.05) is 31.2 Å². The number of hydrogen-bond acceptors (Lipinski definition) is 3. The Morgan fingerprint density at radius 2 is 1.62 bits per heavy atom. The third-order valence-corrected chi connectivity index (χ3v) is 6.12. The molecule has 0 heterocycles. The lowest BCUT2D eigenvalue weighted by atomic mass is 10.1. The van der Waals surface area contributed by atoms with Crippen molar-refractivity contribution in [3.63, 3.8) is 0 Å². The van der Waals surface area contributed by atoms with Crippen molar-refractivity contribution in [1.82, 2.24) is 4.72 Å². The molecule has 0 spiro atoms. The molecule has 2 aromatic rings. The highest BCUT2D eigenvalue weighted by atomic mass is 79.9. The lowest BCUT2D eigenvalue weighted by Gasteiger charge is -2.19. The first kappa shape index (κ1) is 19.1. The van der Waals surface area contributed by atoms with Gasteiger partial charge in [0.05, 0.1) is 11.5 Å². The van der Waals surface area contributed by atoms with Gasteiger partial charge in [-0.05, 0) is 56.0 Å². The molecule has 6 heteroatoms. The number of sulfonamides is 1. The van der Waals surface area contributed by atoms with Crippen molar-refractivity contribution in [3.8, 4) is 0 Å². The van der Waals surface area contributed by atoms with Crippen molar-refractivity contribution in [1.29, 1.82) is 0 Å². The molecule has 0 aliphatic carbocycles. The molecule has 0 radical (unpaired) electrons. The van der Waals surface area contributed by atoms with E-state index < -0.39 is 16.1 Å². The van der Waals surface area contributed by atoms with E-state index in [0.29, 0.717) is 17.5 Å². The van der Waals surface area contributed by atoms with Crippen LogP contribution in [-0.4, -0.2) is 26.2 Å². The first-order valence-electron chi connectivity index (χ1n) is 7.68. The third-order valence-electron chi connectivity index (χ3n) is 3.84. The largest absolute Gasteiger partial charge is 0.395 e. The minimum Gasteiger partial charge on any atom is -0.395 e. The number of hydrogen-bond donors (Lipinski definition) is 2. The number of halogens is 1. The second-order valence-corrected chi connectivity index (χ2v) is 8.63. The van der Waals surface area contributed by atoms with Crippen LogP contribution < -0.4 is 4.72 Å². The van der Waals surface area contributed by atoms with Crippen LogP contribution >= 0.6 is 15.9 Å². The molecule has 0 fully saturated rings. The second-order valence-electron chi connectivity index (χ2n) is 6.06. The maximum Gasteiger partial charge on any atom is 0.241 e. The Hall–Kier alpha value is -1.21. The van der Waals surface area contributed by atoms with Gasteiger partial charge in [-0.15, -0.1) is 0 Å². The second kappa shape index (κ2) is 7.78. The van der Waals surface area contributed by atoms with Gasteiger partial charge >= 0.3 is 0 Å². The summed E-state index contributed by atoms with van der Waals surface area (Å²) < 4.78 is 29.0. The van der Waals surface area contributed by atoms with Crippen LogP contribution in [-0.2, 0) is 16.4 Å². The van der Waals surface area contributed by atoms with Crippen molar-refractivity contribution in [2.75, 3.05) is 6.61 Å². The molecule has 2 aromatic carbocycles. The van der Waals surface area contributed by atoms with E-state index in [1.165, 1.54) is 0 Å². The monoisotopic (exact) mass is 411 g/mol. The fourth-order valence-corrected chi connectivity index (χ4v) is 5.12. The molecular weight excluding hydrogens is 390 g/mol. The summed E-state index contributed by atoms with van der Waals surface area (Å²) in [6.45, 7) is 5.26. The Balaban J connectivity index is 2.25. The van der Waals surface area contributed by atoms with Gasteiger partial charge in [0.15, 0.2) is 0 Å². The lowest BCUT2D eigenvalue weighted by molar-refractivity contribution is 0.256. The molecule has 0 saturated carbocycles. The quantitative estimate of drug-likeness (QED) is 0.766. The van der Waals surface area contributed by atoms with Crippen LogP contribution in [0.5, 0.6) is 0 Å². The van der Waals surface area contributed by atoms with Crippen LogP contribution in [0.4, 0.5) is 0 Å². The summed E-state index contributed by atoms with van der Waals surface area (Å²) in [4.78, 5) is 0.271. The molecule has 0 aliphatic rings. The molecular formula is C18H22BrNO3S. The number of benzene rings is 2. The van der Waals surface area contributed by atoms with E-state index in [4.69, 9.17) is 0 Å². The number of rotatable bonds is 6. The van der Waals surface area contributed by atoms with Crippen LogP contribution in [0.25, 0.3) is 0 Å². The minimum absolute atomic E-state index is 0.262. The molecule has 1 unspecified atom stereocenters. The molecule has 1 atom stereocenters. The van der Waals surface area contributed by atoms with Crippen LogP contribution in [0.1, 0.15) is 22.3 Å². The van der Waals surface area contributed by atoms with Gasteiger partial charge in [-0.25, -0.2) is 13.1 Å². The summed E-state index contributed by atoms with van der Waals surface area (Å²) in [5.41, 5.74) is 3.45. The van der Waals surface area contributed by atoms with Crippen LogP contribution in [0.3, 0.4) is 0 Å². The fourth-order valence-electron chi connectivity index (χ4n) is 2.75. The Kier molecular flexibility index (Phi) is 6.20. The van der Waals surface area contributed by atoms with Crippen molar-refractivity contribution < 1.29 is 13.5 Å². The zero-order valence-corrected chi connectivity index (χ0v) is 16.4. The summed E-state index contributed by atoms with van der Waals surface area (Å²) in [6.07, 6.45) is 0.435. The average Bonchev–Trinajstić information content (AvgIpc) is 2.47. The molecule has 0 bridgehead atoms. The number of aryl methyl sites for hydroxylation is 3. The van der Waals surface area contributed by atoms with Gasteiger partial charge in [-0.2, -0.15) is 0 Å². The summed E-state index contributed by atoms with van der Waals surface area (Å²) >= 11 is 3.37. The molecule has 2 rings (SSSR count). The molecule has 4 nitrogen and oxygen atoms in total. The first-order chi connectivity index (χ1) is 11.2. The van der Waals surface area contributed by atoms with Crippen molar-refractivity contribution in [3.05, 3.63) is 63.1 Å². The van der Waals surface area contributed by atoms with Crippen LogP contribution in [0, 0.1) is 20.8 Å². The van der Waals surface area contributed by atoms with Gasteiger partial charge in [0.2, 0.25) is 10.0 Å². The van der Waals surface area contributed by atoms with E-state index >= 15 is 0 Å². The van der Waals surface area contributed by atoms with Gasteiger partial charge in [0.25, 0.3) is 0 Å². The van der Waals surface area contributed by atoms with E-state index in [9.17, 15) is 13.5 Å². The highest BCUT2D eigenvalue weighted by molar-refractivity contribution is 9.10. The molecule has 24 heavy (non-hydrogen) atoms. The maximum absolute atomic E-state index is 12.8. The molecule has 2 N–H and O–H groups in total. The van der Waals surface area contributed by atoms with E-state index in [-0.39, 0.29) is 11.5 Å². The highest BCUT2D eigenvalue weighted by Crippen LogP contribution is 2.25. The molecule has 130 valence electrons. The van der Waals surface area contributed by atoms with Crippen molar-refractivity contribution >= 4 is 26.0 Å². The average molecular weight is 412 g/mol. The third kappa shape index (κ3) is 4.66. The Morgan fingerprint density at radius 3 is 2.12 bits per heavy atom. The normalized spacial score (nSPS) is 13.0. The molecule has 0 saturated heterocycles. The van der Waals surface area contributed by atoms with Crippen molar-refractivity contribution in [2.24, 2.45) is 0 Å². The van der Waals surface area contributed by atoms with Gasteiger partial charge in [0, 0.05) is 10.5 Å². The zero-order chi connectivity index (χ0) is 17.9. The summed E-state index contributed by atoms with van der Waals surface area (Å²) in [5, 5.41) is 9.60. The lowest BCUT2D eigenvalue weighted by Crippen LogP contribution is -2.39. The highest BCUT2D eigenvalue weighted by Gasteiger charge is 2.23. The fraction of sp³-hybridized carbons (Fsp3) is 0.333. The topological polar surface area (TPSA) is 66.4 Å². The number of aliphatic hydroxyl groups is 1. The van der Waals surface area contributed by atoms with Gasteiger partial charge < -0.3 is 5.11 Å². The molecule has 0 aromatic heterocycles. The van der Waals surface area contributed by atoms with Crippen LogP contribution in [0.2, 0.25) is 0 Å². The zero-order valence-electron chi connectivity index (χ0n) is 14.0. The van der Waals surface area contributed by atoms with E-state index in [1.54, 1.807) is 26.0 Å². The predicted molar refractivity (Wildman–Crippen MR) is 99.7 cm³/mol. The van der Waals surface area contributed by atoms with Gasteiger partial charge in [0.1, 0.15) is 0 Å². The number of nitrogens with one attached hydrogen (secondary N) is 1. The summed E-state index contributed by atoms with van der Waals surface area (Å²) in [5.74, 6) is 0. The smallest absolute Gasteiger partial charge is 0.241 e. The number of aliphatic hydroxyl groups excluding tert-OH is 1. The van der Waals surface area contributed by atoms with Crippen molar-refractivity contribution in [2.45, 2.75) is 38.1 Å².